The molecule has 0 aliphatic carbocycles. The highest BCUT2D eigenvalue weighted by Crippen LogP contribution is 2.40. The van der Waals surface area contributed by atoms with Crippen molar-refractivity contribution >= 4 is 28.9 Å². The van der Waals surface area contributed by atoms with E-state index in [9.17, 15) is 24.3 Å². The van der Waals surface area contributed by atoms with Crippen LogP contribution >= 0.6 is 0 Å². The van der Waals surface area contributed by atoms with Crippen molar-refractivity contribution in [2.45, 2.75) is 91.7 Å². The van der Waals surface area contributed by atoms with E-state index in [0.29, 0.717) is 23.3 Å². The molecule has 43 heavy (non-hydrogen) atoms. The number of amides is 1. The van der Waals surface area contributed by atoms with Gasteiger partial charge >= 0.3 is 18.0 Å². The first-order valence-corrected chi connectivity index (χ1v) is 14.5. The van der Waals surface area contributed by atoms with Gasteiger partial charge < -0.3 is 29.2 Å². The quantitative estimate of drug-likeness (QED) is 0.250. The average molecular weight is 592 g/mol. The Kier molecular flexibility index (Phi) is 7.58. The molecule has 4 heterocycles. The molecule has 2 aliphatic rings. The van der Waals surface area contributed by atoms with E-state index >= 15 is 0 Å². The predicted octanol–water partition coefficient (Wildman–Crippen LogP) is 4.10. The number of esters is 2. The molecule has 1 aromatic carbocycles. The Labute approximate surface area is 249 Å². The summed E-state index contributed by atoms with van der Waals surface area (Å²) in [5.41, 5.74) is 1.11. The van der Waals surface area contributed by atoms with Gasteiger partial charge in [0.05, 0.1) is 29.0 Å². The molecule has 228 valence electrons. The number of benzene rings is 1. The van der Waals surface area contributed by atoms with Crippen LogP contribution in [0.4, 0.5) is 4.79 Å². The Bertz CT molecular complexity index is 1720. The minimum Gasteiger partial charge on any atom is -0.458 e. The van der Waals surface area contributed by atoms with E-state index < -0.39 is 35.3 Å². The van der Waals surface area contributed by atoms with Gasteiger partial charge in [-0.1, -0.05) is 27.7 Å². The second-order valence-electron chi connectivity index (χ2n) is 12.3. The number of aryl methyl sites for hydroxylation is 1. The van der Waals surface area contributed by atoms with E-state index in [1.807, 2.05) is 6.92 Å². The number of fused-ring (bicyclic) bond motifs is 5. The number of cyclic esters (lactones) is 1. The van der Waals surface area contributed by atoms with Crippen LogP contribution in [0.2, 0.25) is 0 Å². The lowest BCUT2D eigenvalue weighted by atomic mass is 9.86. The lowest BCUT2D eigenvalue weighted by molar-refractivity contribution is -0.172. The molecule has 2 N–H and O–H groups in total. The number of carbonyl (C=O) groups is 3. The van der Waals surface area contributed by atoms with Crippen LogP contribution in [0.1, 0.15) is 77.1 Å². The number of hydrogen-bond acceptors (Lipinski definition) is 9. The number of aliphatic hydroxyl groups is 1. The maximum Gasteiger partial charge on any atom is 0.408 e. The summed E-state index contributed by atoms with van der Waals surface area (Å²) in [6.45, 7) is 12.5. The summed E-state index contributed by atoms with van der Waals surface area (Å²) in [5.74, 6) is -1.37. The number of nitrogens with zero attached hydrogens (tertiary/aromatic N) is 2. The van der Waals surface area contributed by atoms with Gasteiger partial charge in [0.2, 0.25) is 0 Å². The molecular formula is C32H37N3O8. The Morgan fingerprint density at radius 1 is 1.16 bits per heavy atom. The molecule has 2 aromatic heterocycles. The third-order valence-corrected chi connectivity index (χ3v) is 7.94. The first-order valence-electron chi connectivity index (χ1n) is 14.5. The van der Waals surface area contributed by atoms with Gasteiger partial charge in [0.1, 0.15) is 24.0 Å². The van der Waals surface area contributed by atoms with Gasteiger partial charge in [-0.15, -0.1) is 0 Å². The first kappa shape index (κ1) is 30.2. The van der Waals surface area contributed by atoms with Crippen molar-refractivity contribution in [1.29, 1.82) is 0 Å². The summed E-state index contributed by atoms with van der Waals surface area (Å²) in [5, 5.41) is 14.5. The summed E-state index contributed by atoms with van der Waals surface area (Å²) in [4.78, 5) is 56.4. The Morgan fingerprint density at radius 3 is 2.51 bits per heavy atom. The molecule has 0 radical (unpaired) electrons. The Morgan fingerprint density at radius 2 is 1.88 bits per heavy atom. The fourth-order valence-electron chi connectivity index (χ4n) is 5.72. The number of carbonyl (C=O) groups excluding carboxylic acids is 3. The van der Waals surface area contributed by atoms with Gasteiger partial charge in [0.25, 0.3) is 5.56 Å². The van der Waals surface area contributed by atoms with Crippen LogP contribution in [-0.2, 0) is 44.2 Å². The molecule has 5 rings (SSSR count). The number of pyridine rings is 2. The molecule has 0 spiro atoms. The molecule has 0 bridgehead atoms. The third-order valence-electron chi connectivity index (χ3n) is 7.94. The largest absolute Gasteiger partial charge is 0.458 e. The molecule has 0 saturated carbocycles. The molecule has 3 aromatic rings. The number of nitrogens with one attached hydrogen (secondary N) is 1. The zero-order valence-corrected chi connectivity index (χ0v) is 25.5. The van der Waals surface area contributed by atoms with Gasteiger partial charge in [0.15, 0.2) is 5.60 Å². The van der Waals surface area contributed by atoms with E-state index in [1.54, 1.807) is 70.4 Å². The average Bonchev–Trinajstić information content (AvgIpc) is 3.30. The Hall–Kier alpha value is -4.25. The van der Waals surface area contributed by atoms with Gasteiger partial charge in [-0.3, -0.25) is 4.79 Å². The third kappa shape index (κ3) is 5.26. The molecule has 1 amide bonds. The zero-order valence-electron chi connectivity index (χ0n) is 25.5. The lowest BCUT2D eigenvalue weighted by Crippen LogP contribution is -2.48. The van der Waals surface area contributed by atoms with Crippen LogP contribution in [0.3, 0.4) is 0 Å². The van der Waals surface area contributed by atoms with Crippen LogP contribution in [-0.4, -0.2) is 44.3 Å². The molecular weight excluding hydrogens is 554 g/mol. The van der Waals surface area contributed by atoms with Crippen LogP contribution in [0.25, 0.3) is 22.3 Å². The smallest absolute Gasteiger partial charge is 0.408 e. The summed E-state index contributed by atoms with van der Waals surface area (Å²) in [6.07, 6.45) is -0.0392. The molecule has 2 atom stereocenters. The topological polar surface area (TPSA) is 146 Å². The van der Waals surface area contributed by atoms with Crippen molar-refractivity contribution < 1.29 is 33.7 Å². The molecule has 11 heteroatoms. The van der Waals surface area contributed by atoms with Crippen LogP contribution in [0.5, 0.6) is 5.75 Å². The van der Waals surface area contributed by atoms with Gasteiger partial charge in [-0.05, 0) is 69.4 Å². The normalized spacial score (nSPS) is 18.0. The fourth-order valence-corrected chi connectivity index (χ4v) is 5.72. The van der Waals surface area contributed by atoms with Crippen molar-refractivity contribution in [3.8, 4) is 17.1 Å². The van der Waals surface area contributed by atoms with Crippen molar-refractivity contribution in [1.82, 2.24) is 14.9 Å². The summed E-state index contributed by atoms with van der Waals surface area (Å²) in [7, 11) is 0. The van der Waals surface area contributed by atoms with E-state index in [-0.39, 0.29) is 47.9 Å². The van der Waals surface area contributed by atoms with Crippen LogP contribution in [0, 0.1) is 5.92 Å². The maximum absolute atomic E-state index is 13.6. The lowest BCUT2D eigenvalue weighted by Gasteiger charge is -2.31. The van der Waals surface area contributed by atoms with Crippen molar-refractivity contribution in [2.24, 2.45) is 5.92 Å². The highest BCUT2D eigenvalue weighted by atomic mass is 16.6. The summed E-state index contributed by atoms with van der Waals surface area (Å²) < 4.78 is 17.8. The van der Waals surface area contributed by atoms with Gasteiger partial charge in [-0.25, -0.2) is 19.4 Å². The second kappa shape index (κ2) is 10.8. The molecule has 0 unspecified atom stereocenters. The van der Waals surface area contributed by atoms with Crippen LogP contribution < -0.4 is 15.6 Å². The summed E-state index contributed by atoms with van der Waals surface area (Å²) >= 11 is 0. The number of rotatable bonds is 6. The minimum absolute atomic E-state index is 0.0619. The minimum atomic E-state index is -1.90. The monoisotopic (exact) mass is 591 g/mol. The molecule has 0 fully saturated rings. The maximum atomic E-state index is 13.6. The SMILES string of the molecule is CCc1c2c(nc3ccc(OC(=O)[C@@H](NC(=O)OC(C)(C)C)C(C)C)cc13)-c1cc3c(c(=O)n1C2)COC(=O)[C@]3(O)CC. The molecule has 0 saturated heterocycles. The van der Waals surface area contributed by atoms with E-state index in [0.717, 1.165) is 16.5 Å². The van der Waals surface area contributed by atoms with Crippen LogP contribution in [0.15, 0.2) is 29.1 Å². The fraction of sp³-hybridized carbons (Fsp3) is 0.469. The summed E-state index contributed by atoms with van der Waals surface area (Å²) in [6, 6.07) is 5.86. The van der Waals surface area contributed by atoms with Crippen molar-refractivity contribution in [2.75, 3.05) is 0 Å². The molecule has 2 aliphatic heterocycles. The first-order chi connectivity index (χ1) is 20.2. The second-order valence-corrected chi connectivity index (χ2v) is 12.3. The number of hydrogen-bond donors (Lipinski definition) is 2. The van der Waals surface area contributed by atoms with Crippen molar-refractivity contribution in [3.05, 3.63) is 56.9 Å². The molecule has 11 nitrogen and oxygen atoms in total. The Balaban J connectivity index is 1.51. The van der Waals surface area contributed by atoms with E-state index in [4.69, 9.17) is 19.2 Å². The highest BCUT2D eigenvalue weighted by Gasteiger charge is 2.45. The van der Waals surface area contributed by atoms with E-state index in [1.165, 1.54) is 0 Å². The van der Waals surface area contributed by atoms with Gasteiger partial charge in [0, 0.05) is 16.5 Å². The highest BCUT2D eigenvalue weighted by molar-refractivity contribution is 5.91. The standard InChI is InChI=1S/C32H37N3O8/c1-8-18-19-12-17(42-28(37)25(16(3)4)34-30(39)43-31(5,6)7)10-11-23(19)33-26-20(18)14-35-24(26)13-22-21(27(35)36)15-41-29(38)32(22,40)9-2/h10-13,16,25,40H,8-9,14-15H2,1-7H3,(H,34,39)/t25-,32-/m0/s1. The predicted molar refractivity (Wildman–Crippen MR) is 158 cm³/mol. The van der Waals surface area contributed by atoms with E-state index in [2.05, 4.69) is 5.32 Å². The zero-order chi connectivity index (χ0) is 31.4. The van der Waals surface area contributed by atoms with Gasteiger partial charge in [-0.2, -0.15) is 0 Å². The number of alkyl carbamates (subject to hydrolysis) is 1. The number of ether oxygens (including phenoxy) is 3. The number of aromatic nitrogens is 2. The van der Waals surface area contributed by atoms with Crippen molar-refractivity contribution in [3.63, 3.8) is 0 Å².